The number of nitriles is 1. The number of hydrogen-bond acceptors (Lipinski definition) is 3. The van der Waals surface area contributed by atoms with Crippen LogP contribution in [0.4, 0.5) is 4.39 Å². The summed E-state index contributed by atoms with van der Waals surface area (Å²) in [7, 11) is 0. The molecule has 7 heteroatoms. The van der Waals surface area contributed by atoms with Crippen LogP contribution < -0.4 is 11.2 Å². The molecule has 0 saturated carbocycles. The van der Waals surface area contributed by atoms with Crippen molar-refractivity contribution in [3.63, 3.8) is 0 Å². The van der Waals surface area contributed by atoms with Gasteiger partial charge in [0.15, 0.2) is 0 Å². The van der Waals surface area contributed by atoms with Gasteiger partial charge in [0.05, 0.1) is 24.7 Å². The normalized spacial score (nSPS) is 10.7. The molecular weight excluding hydrogens is 381 g/mol. The molecule has 0 atom stereocenters. The third-order valence-electron chi connectivity index (χ3n) is 4.37. The number of halogens is 2. The molecule has 3 aromatic rings. The predicted octanol–water partition coefficient (Wildman–Crippen LogP) is 3.39. The molecule has 0 spiro atoms. The van der Waals surface area contributed by atoms with Gasteiger partial charge in [-0.05, 0) is 43.2 Å². The van der Waals surface area contributed by atoms with Gasteiger partial charge in [0.25, 0.3) is 5.56 Å². The molecular formula is C21H17ClFN3O2. The maximum Gasteiger partial charge on any atom is 0.332 e. The van der Waals surface area contributed by atoms with Crippen LogP contribution in [-0.4, -0.2) is 9.13 Å². The Morgan fingerprint density at radius 3 is 2.32 bits per heavy atom. The Kier molecular flexibility index (Phi) is 5.48. The molecule has 28 heavy (non-hydrogen) atoms. The van der Waals surface area contributed by atoms with Crippen molar-refractivity contribution in [3.05, 3.63) is 102 Å². The highest BCUT2D eigenvalue weighted by molar-refractivity contribution is 6.29. The molecule has 3 rings (SSSR count). The van der Waals surface area contributed by atoms with Gasteiger partial charge in [0.1, 0.15) is 11.0 Å². The third-order valence-corrected chi connectivity index (χ3v) is 4.68. The number of aromatic nitrogens is 2. The van der Waals surface area contributed by atoms with Crippen LogP contribution in [0.5, 0.6) is 0 Å². The highest BCUT2D eigenvalue weighted by Gasteiger charge is 2.14. The second-order valence-corrected chi connectivity index (χ2v) is 7.06. The molecule has 0 N–H and O–H groups in total. The van der Waals surface area contributed by atoms with E-state index in [1.165, 1.54) is 18.2 Å². The summed E-state index contributed by atoms with van der Waals surface area (Å²) in [5, 5.41) is 9.15. The van der Waals surface area contributed by atoms with Crippen molar-refractivity contribution in [2.75, 3.05) is 0 Å². The smallest absolute Gasteiger partial charge is 0.279 e. The zero-order valence-corrected chi connectivity index (χ0v) is 16.1. The average Bonchev–Trinajstić information content (AvgIpc) is 2.61. The molecule has 0 bridgehead atoms. The molecule has 0 aliphatic carbocycles. The van der Waals surface area contributed by atoms with Crippen molar-refractivity contribution in [1.29, 1.82) is 5.26 Å². The Morgan fingerprint density at radius 1 is 1.00 bits per heavy atom. The molecule has 142 valence electrons. The summed E-state index contributed by atoms with van der Waals surface area (Å²) in [4.78, 5) is 25.3. The molecule has 0 radical (unpaired) electrons. The minimum absolute atomic E-state index is 0.0696. The van der Waals surface area contributed by atoms with E-state index in [2.05, 4.69) is 0 Å². The van der Waals surface area contributed by atoms with E-state index in [0.717, 1.165) is 31.9 Å². The molecule has 0 fully saturated rings. The van der Waals surface area contributed by atoms with Crippen molar-refractivity contribution in [1.82, 2.24) is 9.13 Å². The van der Waals surface area contributed by atoms with Crippen LogP contribution in [-0.2, 0) is 13.1 Å². The van der Waals surface area contributed by atoms with Crippen LogP contribution in [0, 0.1) is 31.0 Å². The highest BCUT2D eigenvalue weighted by Crippen LogP contribution is 2.14. The maximum atomic E-state index is 13.6. The van der Waals surface area contributed by atoms with Gasteiger partial charge < -0.3 is 0 Å². The van der Waals surface area contributed by atoms with E-state index in [4.69, 9.17) is 11.6 Å². The Morgan fingerprint density at radius 2 is 1.68 bits per heavy atom. The first-order valence-electron chi connectivity index (χ1n) is 8.54. The SMILES string of the molecule is Cc1cc(C)cc(Cn2c(=O)cc(Cl)n(Cc3cc(F)ccc3C#N)c2=O)c1. The van der Waals surface area contributed by atoms with Crippen LogP contribution in [0.2, 0.25) is 5.15 Å². The van der Waals surface area contributed by atoms with Gasteiger partial charge in [-0.1, -0.05) is 40.9 Å². The first-order chi connectivity index (χ1) is 13.3. The Labute approximate surface area is 165 Å². The lowest BCUT2D eigenvalue weighted by Gasteiger charge is -2.13. The van der Waals surface area contributed by atoms with Gasteiger partial charge in [-0.15, -0.1) is 0 Å². The second-order valence-electron chi connectivity index (χ2n) is 6.67. The molecule has 0 unspecified atom stereocenters. The molecule has 0 aliphatic heterocycles. The van der Waals surface area contributed by atoms with Crippen LogP contribution in [0.1, 0.15) is 27.8 Å². The zero-order valence-electron chi connectivity index (χ0n) is 15.4. The van der Waals surface area contributed by atoms with Crippen LogP contribution in [0.3, 0.4) is 0 Å². The van der Waals surface area contributed by atoms with E-state index in [-0.39, 0.29) is 23.8 Å². The topological polar surface area (TPSA) is 67.8 Å². The lowest BCUT2D eigenvalue weighted by molar-refractivity contribution is 0.602. The van der Waals surface area contributed by atoms with Crippen LogP contribution in [0.15, 0.2) is 52.1 Å². The number of benzene rings is 2. The van der Waals surface area contributed by atoms with Crippen molar-refractivity contribution < 1.29 is 4.39 Å². The molecule has 0 amide bonds. The summed E-state index contributed by atoms with van der Waals surface area (Å²) in [6.07, 6.45) is 0. The molecule has 2 aromatic carbocycles. The molecule has 1 aromatic heterocycles. The van der Waals surface area contributed by atoms with Crippen molar-refractivity contribution in [3.8, 4) is 6.07 Å². The van der Waals surface area contributed by atoms with E-state index in [0.29, 0.717) is 5.56 Å². The molecule has 1 heterocycles. The van der Waals surface area contributed by atoms with Crippen molar-refractivity contribution in [2.24, 2.45) is 0 Å². The number of hydrogen-bond donors (Lipinski definition) is 0. The molecule has 5 nitrogen and oxygen atoms in total. The Bertz CT molecular complexity index is 1200. The first-order valence-corrected chi connectivity index (χ1v) is 8.92. The molecule has 0 saturated heterocycles. The van der Waals surface area contributed by atoms with Crippen LogP contribution >= 0.6 is 11.6 Å². The van der Waals surface area contributed by atoms with E-state index in [1.807, 2.05) is 38.1 Å². The van der Waals surface area contributed by atoms with Gasteiger partial charge in [0, 0.05) is 6.07 Å². The fourth-order valence-corrected chi connectivity index (χ4v) is 3.42. The zero-order chi connectivity index (χ0) is 20.4. The lowest BCUT2D eigenvalue weighted by atomic mass is 10.1. The standard InChI is InChI=1S/C21H17ClFN3O2/c1-13-5-14(2)7-15(6-13)11-26-20(27)9-19(22)25(21(26)28)12-17-8-18(23)4-3-16(17)10-24/h3-9H,11-12H2,1-2H3. The summed E-state index contributed by atoms with van der Waals surface area (Å²) >= 11 is 6.12. The monoisotopic (exact) mass is 397 g/mol. The van der Waals surface area contributed by atoms with Gasteiger partial charge >= 0.3 is 5.69 Å². The fraction of sp³-hybridized carbons (Fsp3) is 0.190. The summed E-state index contributed by atoms with van der Waals surface area (Å²) in [5.74, 6) is -0.526. The van der Waals surface area contributed by atoms with E-state index >= 15 is 0 Å². The van der Waals surface area contributed by atoms with E-state index in [1.54, 1.807) is 0 Å². The van der Waals surface area contributed by atoms with E-state index < -0.39 is 17.1 Å². The summed E-state index contributed by atoms with van der Waals surface area (Å²) in [6, 6.07) is 12.6. The van der Waals surface area contributed by atoms with Crippen LogP contribution in [0.25, 0.3) is 0 Å². The Hall–Kier alpha value is -3.17. The fourth-order valence-electron chi connectivity index (χ4n) is 3.19. The van der Waals surface area contributed by atoms with E-state index in [9.17, 15) is 19.2 Å². The second kappa shape index (κ2) is 7.83. The maximum absolute atomic E-state index is 13.6. The minimum Gasteiger partial charge on any atom is -0.279 e. The van der Waals surface area contributed by atoms with Crippen molar-refractivity contribution in [2.45, 2.75) is 26.9 Å². The number of nitrogens with zero attached hydrogens (tertiary/aromatic N) is 3. The van der Waals surface area contributed by atoms with Gasteiger partial charge in [-0.2, -0.15) is 5.26 Å². The lowest BCUT2D eigenvalue weighted by Crippen LogP contribution is -2.40. The quantitative estimate of drug-likeness (QED) is 0.634. The highest BCUT2D eigenvalue weighted by atomic mass is 35.5. The van der Waals surface area contributed by atoms with Gasteiger partial charge in [0.2, 0.25) is 0 Å². The predicted molar refractivity (Wildman–Crippen MR) is 105 cm³/mol. The summed E-state index contributed by atoms with van der Waals surface area (Å²) in [6.45, 7) is 3.84. The van der Waals surface area contributed by atoms with Crippen molar-refractivity contribution >= 4 is 11.6 Å². The van der Waals surface area contributed by atoms with Gasteiger partial charge in [-0.25, -0.2) is 9.18 Å². The Balaban J connectivity index is 2.08. The molecule has 0 aliphatic rings. The minimum atomic E-state index is -0.621. The number of aryl methyl sites for hydroxylation is 2. The third kappa shape index (κ3) is 4.05. The largest absolute Gasteiger partial charge is 0.332 e. The summed E-state index contributed by atoms with van der Waals surface area (Å²) in [5.41, 5.74) is 2.26. The average molecular weight is 398 g/mol. The van der Waals surface area contributed by atoms with Gasteiger partial charge in [-0.3, -0.25) is 13.9 Å². The summed E-state index contributed by atoms with van der Waals surface area (Å²) < 4.78 is 15.8. The number of rotatable bonds is 4. The first kappa shape index (κ1) is 19.6.